The number of aromatic nitrogens is 2. The van der Waals surface area contributed by atoms with Crippen molar-refractivity contribution in [1.82, 2.24) is 9.97 Å². The minimum atomic E-state index is 0.256. The zero-order valence-electron chi connectivity index (χ0n) is 8.50. The zero-order valence-corrected chi connectivity index (χ0v) is 10.8. The Morgan fingerprint density at radius 1 is 1.31 bits per heavy atom. The van der Waals surface area contributed by atoms with Gasteiger partial charge in [-0.2, -0.15) is 0 Å². The van der Waals surface area contributed by atoms with Crippen molar-refractivity contribution < 1.29 is 0 Å². The van der Waals surface area contributed by atoms with Gasteiger partial charge in [-0.05, 0) is 30.7 Å². The van der Waals surface area contributed by atoms with Crippen LogP contribution in [0.5, 0.6) is 0 Å². The topological polar surface area (TPSA) is 37.8 Å². The molecule has 0 fully saturated rings. The van der Waals surface area contributed by atoms with Gasteiger partial charge in [0, 0.05) is 16.6 Å². The molecule has 0 saturated heterocycles. The van der Waals surface area contributed by atoms with Crippen molar-refractivity contribution in [2.24, 2.45) is 0 Å². The molecule has 2 aromatic heterocycles. The lowest BCUT2D eigenvalue weighted by Crippen LogP contribution is -2.01. The number of thiophene rings is 1. The molecule has 0 aromatic carbocycles. The number of anilines is 1. The van der Waals surface area contributed by atoms with Crippen LogP contribution in [0.25, 0.3) is 0 Å². The molecular weight excluding hydrogens is 265 g/mol. The lowest BCUT2D eigenvalue weighted by atomic mass is 10.4. The van der Waals surface area contributed by atoms with E-state index in [0.717, 1.165) is 20.7 Å². The summed E-state index contributed by atoms with van der Waals surface area (Å²) in [5.74, 6) is 0.724. The van der Waals surface area contributed by atoms with E-state index in [9.17, 15) is 0 Å². The molecule has 0 spiro atoms. The quantitative estimate of drug-likeness (QED) is 0.866. The molecule has 2 aromatic rings. The molecule has 0 radical (unpaired) electrons. The second-order valence-corrected chi connectivity index (χ2v) is 5.36. The van der Waals surface area contributed by atoms with E-state index in [0.29, 0.717) is 6.54 Å². The van der Waals surface area contributed by atoms with Crippen molar-refractivity contribution >= 4 is 40.4 Å². The largest absolute Gasteiger partial charge is 0.365 e. The number of nitrogens with zero attached hydrogens (tertiary/aromatic N) is 2. The van der Waals surface area contributed by atoms with Crippen LogP contribution in [0.15, 0.2) is 18.2 Å². The number of halogens is 2. The van der Waals surface area contributed by atoms with Gasteiger partial charge in [0.1, 0.15) is 5.82 Å². The molecule has 0 atom stereocenters. The van der Waals surface area contributed by atoms with E-state index in [2.05, 4.69) is 15.3 Å². The second kappa shape index (κ2) is 4.99. The lowest BCUT2D eigenvalue weighted by molar-refractivity contribution is 1.06. The Labute approximate surface area is 107 Å². The van der Waals surface area contributed by atoms with Gasteiger partial charge in [0.2, 0.25) is 5.28 Å². The van der Waals surface area contributed by atoms with Crippen molar-refractivity contribution in [3.05, 3.63) is 38.4 Å². The van der Waals surface area contributed by atoms with E-state index in [-0.39, 0.29) is 5.28 Å². The average Bonchev–Trinajstić information content (AvgIpc) is 2.60. The van der Waals surface area contributed by atoms with Crippen LogP contribution in [0.2, 0.25) is 9.62 Å². The molecule has 0 aliphatic carbocycles. The third-order valence-corrected chi connectivity index (χ3v) is 3.30. The van der Waals surface area contributed by atoms with Crippen molar-refractivity contribution in [3.8, 4) is 0 Å². The van der Waals surface area contributed by atoms with Crippen LogP contribution in [0.1, 0.15) is 10.6 Å². The standard InChI is InChI=1S/C10H9Cl2N3S/c1-6-4-9(15-10(12)14-6)13-5-7-2-3-8(11)16-7/h2-4H,5H2,1H3,(H,13,14,15). The maximum Gasteiger partial charge on any atom is 0.224 e. The number of hydrogen-bond acceptors (Lipinski definition) is 4. The first kappa shape index (κ1) is 11.6. The third-order valence-electron chi connectivity index (χ3n) is 1.90. The lowest BCUT2D eigenvalue weighted by Gasteiger charge is -2.04. The summed E-state index contributed by atoms with van der Waals surface area (Å²) in [5, 5.41) is 3.43. The van der Waals surface area contributed by atoms with E-state index in [1.54, 1.807) is 11.3 Å². The molecule has 0 unspecified atom stereocenters. The molecule has 6 heteroatoms. The monoisotopic (exact) mass is 273 g/mol. The first-order chi connectivity index (χ1) is 7.63. The molecule has 0 aliphatic rings. The predicted octanol–water partition coefficient (Wildman–Crippen LogP) is 3.77. The SMILES string of the molecule is Cc1cc(NCc2ccc(Cl)s2)nc(Cl)n1. The number of aryl methyl sites for hydroxylation is 1. The molecule has 84 valence electrons. The van der Waals surface area contributed by atoms with Crippen LogP contribution in [-0.2, 0) is 6.54 Å². The van der Waals surface area contributed by atoms with Crippen LogP contribution < -0.4 is 5.32 Å². The first-order valence-electron chi connectivity index (χ1n) is 4.63. The minimum Gasteiger partial charge on any atom is -0.365 e. The van der Waals surface area contributed by atoms with Crippen molar-refractivity contribution in [2.75, 3.05) is 5.32 Å². The van der Waals surface area contributed by atoms with Crippen LogP contribution >= 0.6 is 34.5 Å². The highest BCUT2D eigenvalue weighted by Gasteiger charge is 2.01. The van der Waals surface area contributed by atoms with Gasteiger partial charge in [0.05, 0.1) is 10.9 Å². The third kappa shape index (κ3) is 3.07. The summed E-state index contributed by atoms with van der Waals surface area (Å²) in [6.07, 6.45) is 0. The molecule has 0 aliphatic heterocycles. The molecule has 2 rings (SSSR count). The summed E-state index contributed by atoms with van der Waals surface area (Å²) in [4.78, 5) is 9.21. The van der Waals surface area contributed by atoms with E-state index in [1.165, 1.54) is 0 Å². The summed E-state index contributed by atoms with van der Waals surface area (Å²) >= 11 is 13.1. The van der Waals surface area contributed by atoms with E-state index >= 15 is 0 Å². The molecule has 16 heavy (non-hydrogen) atoms. The van der Waals surface area contributed by atoms with E-state index < -0.39 is 0 Å². The fourth-order valence-electron chi connectivity index (χ4n) is 1.25. The van der Waals surface area contributed by atoms with Gasteiger partial charge in [-0.15, -0.1) is 11.3 Å². The molecule has 0 amide bonds. The Hall–Kier alpha value is -0.840. The predicted molar refractivity (Wildman–Crippen MR) is 68.4 cm³/mol. The first-order valence-corrected chi connectivity index (χ1v) is 6.20. The van der Waals surface area contributed by atoms with E-state index in [1.807, 2.05) is 25.1 Å². The maximum atomic E-state index is 5.84. The summed E-state index contributed by atoms with van der Waals surface area (Å²) in [6, 6.07) is 5.71. The van der Waals surface area contributed by atoms with Gasteiger partial charge in [-0.3, -0.25) is 0 Å². The summed E-state index contributed by atoms with van der Waals surface area (Å²) in [6.45, 7) is 2.56. The highest BCUT2D eigenvalue weighted by molar-refractivity contribution is 7.16. The van der Waals surface area contributed by atoms with Crippen LogP contribution in [0.4, 0.5) is 5.82 Å². The van der Waals surface area contributed by atoms with Crippen molar-refractivity contribution in [3.63, 3.8) is 0 Å². The maximum absolute atomic E-state index is 5.84. The highest BCUT2D eigenvalue weighted by atomic mass is 35.5. The van der Waals surface area contributed by atoms with Gasteiger partial charge in [0.15, 0.2) is 0 Å². The summed E-state index contributed by atoms with van der Waals surface area (Å²) < 4.78 is 0.786. The summed E-state index contributed by atoms with van der Waals surface area (Å²) in [5.41, 5.74) is 0.840. The van der Waals surface area contributed by atoms with Crippen molar-refractivity contribution in [2.45, 2.75) is 13.5 Å². The van der Waals surface area contributed by atoms with Crippen LogP contribution in [-0.4, -0.2) is 9.97 Å². The van der Waals surface area contributed by atoms with E-state index in [4.69, 9.17) is 23.2 Å². The summed E-state index contributed by atoms with van der Waals surface area (Å²) in [7, 11) is 0. The second-order valence-electron chi connectivity index (χ2n) is 3.22. The van der Waals surface area contributed by atoms with Gasteiger partial charge < -0.3 is 5.32 Å². The highest BCUT2D eigenvalue weighted by Crippen LogP contribution is 2.22. The fourth-order valence-corrected chi connectivity index (χ4v) is 2.50. The van der Waals surface area contributed by atoms with Crippen LogP contribution in [0.3, 0.4) is 0 Å². The molecule has 2 heterocycles. The number of rotatable bonds is 3. The van der Waals surface area contributed by atoms with Crippen LogP contribution in [0, 0.1) is 6.92 Å². The Kier molecular flexibility index (Phi) is 3.63. The van der Waals surface area contributed by atoms with Gasteiger partial charge in [0.25, 0.3) is 0 Å². The number of hydrogen-bond donors (Lipinski definition) is 1. The Morgan fingerprint density at radius 3 is 2.75 bits per heavy atom. The van der Waals surface area contributed by atoms with Crippen molar-refractivity contribution in [1.29, 1.82) is 0 Å². The normalized spacial score (nSPS) is 10.4. The van der Waals surface area contributed by atoms with Gasteiger partial charge >= 0.3 is 0 Å². The molecule has 3 nitrogen and oxygen atoms in total. The molecule has 1 N–H and O–H groups in total. The average molecular weight is 274 g/mol. The number of nitrogens with one attached hydrogen (secondary N) is 1. The molecular formula is C10H9Cl2N3S. The molecule has 0 saturated carbocycles. The van der Waals surface area contributed by atoms with Gasteiger partial charge in [-0.25, -0.2) is 9.97 Å². The Bertz CT molecular complexity index is 478. The smallest absolute Gasteiger partial charge is 0.224 e. The minimum absolute atomic E-state index is 0.256. The Balaban J connectivity index is 2.04. The Morgan fingerprint density at radius 2 is 2.12 bits per heavy atom. The zero-order chi connectivity index (χ0) is 11.5. The molecule has 0 bridgehead atoms. The van der Waals surface area contributed by atoms with Gasteiger partial charge in [-0.1, -0.05) is 11.6 Å². The fraction of sp³-hybridized carbons (Fsp3) is 0.200.